The highest BCUT2D eigenvalue weighted by molar-refractivity contribution is 5.65. The van der Waals surface area contributed by atoms with Crippen LogP contribution in [0.3, 0.4) is 0 Å². The van der Waals surface area contributed by atoms with Crippen LogP contribution in [0.25, 0.3) is 11.1 Å². The topological polar surface area (TPSA) is 41.6 Å². The van der Waals surface area contributed by atoms with Gasteiger partial charge in [-0.25, -0.2) is 0 Å². The van der Waals surface area contributed by atoms with E-state index in [1.54, 1.807) is 0 Å². The largest absolute Gasteiger partial charge is 0.349 e. The zero-order chi connectivity index (χ0) is 14.7. The minimum atomic E-state index is 0.693. The molecule has 3 heteroatoms. The van der Waals surface area contributed by atoms with E-state index in [0.29, 0.717) is 5.56 Å². The molecular weight excluding hydrogens is 258 g/mol. The molecule has 0 bridgehead atoms. The molecule has 0 N–H and O–H groups in total. The second-order valence-electron chi connectivity index (χ2n) is 5.07. The van der Waals surface area contributed by atoms with Crippen LogP contribution in [0.1, 0.15) is 16.7 Å². The van der Waals surface area contributed by atoms with Gasteiger partial charge >= 0.3 is 0 Å². The molecular formula is C18H15N3. The van der Waals surface area contributed by atoms with E-state index in [9.17, 15) is 0 Å². The molecule has 3 nitrogen and oxygen atoms in total. The third-order valence-electron chi connectivity index (χ3n) is 3.55. The second-order valence-corrected chi connectivity index (χ2v) is 5.07. The fraction of sp³-hybridized carbons (Fsp3) is 0.111. The van der Waals surface area contributed by atoms with Gasteiger partial charge in [-0.15, -0.1) is 0 Å². The van der Waals surface area contributed by atoms with Crippen LogP contribution in [0, 0.1) is 18.3 Å². The van der Waals surface area contributed by atoms with Crippen molar-refractivity contribution >= 4 is 0 Å². The SMILES string of the molecule is Cc1ccncc1-c1ccn(Cc2ccc(C#N)cc2)c1. The molecule has 102 valence electrons. The monoisotopic (exact) mass is 273 g/mol. The number of rotatable bonds is 3. The van der Waals surface area contributed by atoms with Crippen molar-refractivity contribution in [3.8, 4) is 17.2 Å². The van der Waals surface area contributed by atoms with Gasteiger partial charge in [0.1, 0.15) is 0 Å². The van der Waals surface area contributed by atoms with Crippen molar-refractivity contribution in [2.24, 2.45) is 0 Å². The maximum absolute atomic E-state index is 8.81. The Morgan fingerprint density at radius 3 is 2.67 bits per heavy atom. The lowest BCUT2D eigenvalue weighted by Gasteiger charge is -2.04. The first kappa shape index (κ1) is 13.1. The zero-order valence-electron chi connectivity index (χ0n) is 11.8. The summed E-state index contributed by atoms with van der Waals surface area (Å²) in [5.41, 5.74) is 5.43. The first-order chi connectivity index (χ1) is 10.3. The Morgan fingerprint density at radius 2 is 1.95 bits per heavy atom. The normalized spacial score (nSPS) is 10.3. The average molecular weight is 273 g/mol. The lowest BCUT2D eigenvalue weighted by Crippen LogP contribution is -1.96. The molecule has 21 heavy (non-hydrogen) atoms. The van der Waals surface area contributed by atoms with Gasteiger partial charge in [0.25, 0.3) is 0 Å². The molecule has 0 atom stereocenters. The van der Waals surface area contributed by atoms with Gasteiger partial charge in [-0.1, -0.05) is 12.1 Å². The molecule has 2 aromatic heterocycles. The molecule has 0 spiro atoms. The standard InChI is InChI=1S/C18H15N3/c1-14-6-8-20-11-18(14)17-7-9-21(13-17)12-16-4-2-15(10-19)3-5-16/h2-9,11,13H,12H2,1H3. The number of hydrogen-bond acceptors (Lipinski definition) is 2. The number of pyridine rings is 1. The molecule has 0 aliphatic rings. The van der Waals surface area contributed by atoms with Crippen LogP contribution in [0.2, 0.25) is 0 Å². The van der Waals surface area contributed by atoms with Crippen molar-refractivity contribution in [3.63, 3.8) is 0 Å². The summed E-state index contributed by atoms with van der Waals surface area (Å²) in [7, 11) is 0. The molecule has 0 unspecified atom stereocenters. The van der Waals surface area contributed by atoms with Crippen molar-refractivity contribution in [3.05, 3.63) is 77.9 Å². The van der Waals surface area contributed by atoms with E-state index in [4.69, 9.17) is 5.26 Å². The number of nitriles is 1. The van der Waals surface area contributed by atoms with E-state index in [-0.39, 0.29) is 0 Å². The molecule has 3 rings (SSSR count). The van der Waals surface area contributed by atoms with E-state index in [1.165, 1.54) is 16.7 Å². The Balaban J connectivity index is 1.82. The van der Waals surface area contributed by atoms with E-state index in [0.717, 1.165) is 12.1 Å². The third-order valence-corrected chi connectivity index (χ3v) is 3.55. The first-order valence-corrected chi connectivity index (χ1v) is 6.82. The maximum atomic E-state index is 8.81. The van der Waals surface area contributed by atoms with E-state index >= 15 is 0 Å². The van der Waals surface area contributed by atoms with Crippen LogP contribution in [0.5, 0.6) is 0 Å². The Labute approximate surface area is 124 Å². The summed E-state index contributed by atoms with van der Waals surface area (Å²) in [5, 5.41) is 8.81. The number of aromatic nitrogens is 2. The Kier molecular flexibility index (Phi) is 3.53. The first-order valence-electron chi connectivity index (χ1n) is 6.82. The second kappa shape index (κ2) is 5.64. The van der Waals surface area contributed by atoms with E-state index in [2.05, 4.69) is 41.0 Å². The van der Waals surface area contributed by atoms with Crippen molar-refractivity contribution in [2.75, 3.05) is 0 Å². The molecule has 0 aliphatic carbocycles. The van der Waals surface area contributed by atoms with Crippen LogP contribution in [-0.2, 0) is 6.54 Å². The van der Waals surface area contributed by atoms with Crippen molar-refractivity contribution in [1.29, 1.82) is 5.26 Å². The molecule has 2 heterocycles. The van der Waals surface area contributed by atoms with Crippen LogP contribution in [-0.4, -0.2) is 9.55 Å². The molecule has 0 radical (unpaired) electrons. The highest BCUT2D eigenvalue weighted by Gasteiger charge is 2.04. The molecule has 0 aliphatic heterocycles. The summed E-state index contributed by atoms with van der Waals surface area (Å²) in [6.45, 7) is 2.89. The van der Waals surface area contributed by atoms with Gasteiger partial charge in [0.2, 0.25) is 0 Å². The summed E-state index contributed by atoms with van der Waals surface area (Å²) in [6, 6.07) is 14.0. The Hall–Kier alpha value is -2.86. The van der Waals surface area contributed by atoms with Gasteiger partial charge in [-0.3, -0.25) is 4.98 Å². The molecule has 3 aromatic rings. The number of benzene rings is 1. The maximum Gasteiger partial charge on any atom is 0.0991 e. The smallest absolute Gasteiger partial charge is 0.0991 e. The predicted octanol–water partition coefficient (Wildman–Crippen LogP) is 3.78. The summed E-state index contributed by atoms with van der Waals surface area (Å²) in [6.07, 6.45) is 7.91. The summed E-state index contributed by atoms with van der Waals surface area (Å²) in [4.78, 5) is 4.19. The number of nitrogens with zero attached hydrogens (tertiary/aromatic N) is 3. The van der Waals surface area contributed by atoms with Crippen LogP contribution in [0.4, 0.5) is 0 Å². The summed E-state index contributed by atoms with van der Waals surface area (Å²) in [5.74, 6) is 0. The predicted molar refractivity (Wildman–Crippen MR) is 82.7 cm³/mol. The number of hydrogen-bond donors (Lipinski definition) is 0. The van der Waals surface area contributed by atoms with Crippen molar-refractivity contribution in [2.45, 2.75) is 13.5 Å². The number of aryl methyl sites for hydroxylation is 1. The summed E-state index contributed by atoms with van der Waals surface area (Å²) >= 11 is 0. The van der Waals surface area contributed by atoms with E-state index < -0.39 is 0 Å². The molecule has 0 saturated heterocycles. The molecule has 0 amide bonds. The quantitative estimate of drug-likeness (QED) is 0.728. The van der Waals surface area contributed by atoms with Gasteiger partial charge in [-0.05, 0) is 42.3 Å². The highest BCUT2D eigenvalue weighted by atomic mass is 14.9. The highest BCUT2D eigenvalue weighted by Crippen LogP contribution is 2.22. The third kappa shape index (κ3) is 2.85. The van der Waals surface area contributed by atoms with E-state index in [1.807, 2.05) is 42.7 Å². The van der Waals surface area contributed by atoms with Gasteiger partial charge in [0.05, 0.1) is 11.6 Å². The molecule has 1 aromatic carbocycles. The fourth-order valence-electron chi connectivity index (χ4n) is 2.36. The molecule has 0 fully saturated rings. The average Bonchev–Trinajstić information content (AvgIpc) is 2.97. The van der Waals surface area contributed by atoms with Crippen molar-refractivity contribution < 1.29 is 0 Å². The van der Waals surface area contributed by atoms with Crippen LogP contribution >= 0.6 is 0 Å². The van der Waals surface area contributed by atoms with Gasteiger partial charge < -0.3 is 4.57 Å². The fourth-order valence-corrected chi connectivity index (χ4v) is 2.36. The Morgan fingerprint density at radius 1 is 1.14 bits per heavy atom. The minimum Gasteiger partial charge on any atom is -0.349 e. The van der Waals surface area contributed by atoms with Crippen LogP contribution < -0.4 is 0 Å². The molecule has 0 saturated carbocycles. The zero-order valence-corrected chi connectivity index (χ0v) is 11.8. The summed E-state index contributed by atoms with van der Waals surface area (Å²) < 4.78 is 2.14. The van der Waals surface area contributed by atoms with Gasteiger partial charge in [0, 0.05) is 42.5 Å². The minimum absolute atomic E-state index is 0.693. The lowest BCUT2D eigenvalue weighted by atomic mass is 10.1. The lowest BCUT2D eigenvalue weighted by molar-refractivity contribution is 0.806. The van der Waals surface area contributed by atoms with Crippen molar-refractivity contribution in [1.82, 2.24) is 9.55 Å². The van der Waals surface area contributed by atoms with Gasteiger partial charge in [-0.2, -0.15) is 5.26 Å². The Bertz CT molecular complexity index is 792. The van der Waals surface area contributed by atoms with Crippen LogP contribution in [0.15, 0.2) is 61.2 Å². The van der Waals surface area contributed by atoms with Gasteiger partial charge in [0.15, 0.2) is 0 Å².